The van der Waals surface area contributed by atoms with Crippen LogP contribution in [0.3, 0.4) is 0 Å². The molecule has 1 aromatic rings. The third kappa shape index (κ3) is 2.54. The molecule has 0 saturated carbocycles. The molecule has 1 atom stereocenters. The topological polar surface area (TPSA) is 23.5 Å². The smallest absolute Gasteiger partial charge is 0.0460 e. The van der Waals surface area contributed by atoms with Crippen LogP contribution in [0.5, 0.6) is 0 Å². The summed E-state index contributed by atoms with van der Waals surface area (Å²) in [4.78, 5) is 2.52. The summed E-state index contributed by atoms with van der Waals surface area (Å²) in [7, 11) is 0. The van der Waals surface area contributed by atoms with E-state index in [0.29, 0.717) is 12.5 Å². The Morgan fingerprint density at radius 1 is 1.33 bits per heavy atom. The van der Waals surface area contributed by atoms with Gasteiger partial charge in [-0.05, 0) is 63.6 Å². The van der Waals surface area contributed by atoms with E-state index in [2.05, 4.69) is 50.8 Å². The molecule has 1 aliphatic rings. The van der Waals surface area contributed by atoms with Crippen LogP contribution in [0.25, 0.3) is 0 Å². The average molecular weight is 247 g/mol. The Labute approximate surface area is 111 Å². The van der Waals surface area contributed by atoms with Crippen LogP contribution < -0.4 is 4.90 Å². The van der Waals surface area contributed by atoms with Crippen LogP contribution in [-0.4, -0.2) is 23.8 Å². The fraction of sp³-hybridized carbons (Fsp3) is 0.625. The maximum absolute atomic E-state index is 9.36. The van der Waals surface area contributed by atoms with Crippen molar-refractivity contribution in [2.75, 3.05) is 18.1 Å². The van der Waals surface area contributed by atoms with Crippen molar-refractivity contribution in [2.24, 2.45) is 5.92 Å². The molecule has 100 valence electrons. The molecule has 1 aliphatic heterocycles. The molecule has 0 bridgehead atoms. The Hall–Kier alpha value is -1.02. The number of anilines is 1. The van der Waals surface area contributed by atoms with E-state index in [9.17, 15) is 5.11 Å². The van der Waals surface area contributed by atoms with Gasteiger partial charge in [0.2, 0.25) is 0 Å². The summed E-state index contributed by atoms with van der Waals surface area (Å²) >= 11 is 0. The summed E-state index contributed by atoms with van der Waals surface area (Å²) in [5, 5.41) is 9.36. The maximum Gasteiger partial charge on any atom is 0.0460 e. The van der Waals surface area contributed by atoms with E-state index >= 15 is 0 Å². The maximum atomic E-state index is 9.36. The first-order chi connectivity index (χ1) is 8.44. The van der Waals surface area contributed by atoms with Crippen LogP contribution >= 0.6 is 0 Å². The largest absolute Gasteiger partial charge is 0.396 e. The fourth-order valence-electron chi connectivity index (χ4n) is 3.15. The molecule has 1 fully saturated rings. The van der Waals surface area contributed by atoms with Crippen LogP contribution in [0.1, 0.15) is 37.8 Å². The number of nitrogens with zero attached hydrogens (tertiary/aromatic N) is 1. The van der Waals surface area contributed by atoms with Gasteiger partial charge in [0.05, 0.1) is 0 Å². The van der Waals surface area contributed by atoms with Gasteiger partial charge < -0.3 is 10.0 Å². The molecular formula is C16H25NO. The molecule has 1 heterocycles. The standard InChI is InChI=1S/C16H25NO/c1-12-5-6-13(2)15(9-12)17-8-7-14(11-18)10-16(17,3)4/h5-6,9,14,18H,7-8,10-11H2,1-4H3. The minimum atomic E-state index is 0.129. The van der Waals surface area contributed by atoms with Crippen LogP contribution in [0.4, 0.5) is 5.69 Å². The first-order valence-electron chi connectivity index (χ1n) is 6.90. The third-order valence-corrected chi connectivity index (χ3v) is 4.19. The first-order valence-corrected chi connectivity index (χ1v) is 6.90. The van der Waals surface area contributed by atoms with Crippen LogP contribution in [0.15, 0.2) is 18.2 Å². The predicted octanol–water partition coefficient (Wildman–Crippen LogP) is 3.29. The summed E-state index contributed by atoms with van der Waals surface area (Å²) in [5.41, 5.74) is 4.15. The summed E-state index contributed by atoms with van der Waals surface area (Å²) in [6, 6.07) is 6.67. The molecule has 18 heavy (non-hydrogen) atoms. The van der Waals surface area contributed by atoms with E-state index in [1.807, 2.05) is 0 Å². The highest BCUT2D eigenvalue weighted by molar-refractivity contribution is 5.57. The van der Waals surface area contributed by atoms with Gasteiger partial charge in [0.25, 0.3) is 0 Å². The lowest BCUT2D eigenvalue weighted by molar-refractivity contribution is 0.166. The van der Waals surface area contributed by atoms with Crippen LogP contribution in [0.2, 0.25) is 0 Å². The molecule has 1 N–H and O–H groups in total. The molecule has 0 radical (unpaired) electrons. The van der Waals surface area contributed by atoms with Crippen molar-refractivity contribution in [1.82, 2.24) is 0 Å². The number of aryl methyl sites for hydroxylation is 2. The van der Waals surface area contributed by atoms with Gasteiger partial charge in [-0.1, -0.05) is 12.1 Å². The highest BCUT2D eigenvalue weighted by Crippen LogP contribution is 2.36. The van der Waals surface area contributed by atoms with Crippen molar-refractivity contribution < 1.29 is 5.11 Å². The normalized spacial score (nSPS) is 23.2. The van der Waals surface area contributed by atoms with E-state index in [-0.39, 0.29) is 5.54 Å². The van der Waals surface area contributed by atoms with Gasteiger partial charge >= 0.3 is 0 Å². The van der Waals surface area contributed by atoms with Gasteiger partial charge in [0.1, 0.15) is 0 Å². The number of aliphatic hydroxyl groups is 1. The van der Waals surface area contributed by atoms with Crippen LogP contribution in [0, 0.1) is 19.8 Å². The van der Waals surface area contributed by atoms with Gasteiger partial charge in [-0.25, -0.2) is 0 Å². The number of rotatable bonds is 2. The molecule has 1 aromatic carbocycles. The second-order valence-corrected chi connectivity index (χ2v) is 6.30. The van der Waals surface area contributed by atoms with E-state index in [0.717, 1.165) is 19.4 Å². The number of hydrogen-bond acceptors (Lipinski definition) is 2. The monoisotopic (exact) mass is 247 g/mol. The lowest BCUT2D eigenvalue weighted by Gasteiger charge is -2.47. The van der Waals surface area contributed by atoms with Crippen molar-refractivity contribution in [1.29, 1.82) is 0 Å². The molecular weight excluding hydrogens is 222 g/mol. The zero-order valence-electron chi connectivity index (χ0n) is 12.0. The Kier molecular flexibility index (Phi) is 3.67. The van der Waals surface area contributed by atoms with Crippen molar-refractivity contribution in [3.8, 4) is 0 Å². The van der Waals surface area contributed by atoms with Crippen molar-refractivity contribution >= 4 is 5.69 Å². The van der Waals surface area contributed by atoms with Crippen molar-refractivity contribution in [2.45, 2.75) is 46.1 Å². The average Bonchev–Trinajstić information content (AvgIpc) is 2.31. The Balaban J connectivity index is 2.30. The fourth-order valence-corrected chi connectivity index (χ4v) is 3.15. The first kappa shape index (κ1) is 13.4. The quantitative estimate of drug-likeness (QED) is 0.867. The van der Waals surface area contributed by atoms with E-state index < -0.39 is 0 Å². The van der Waals surface area contributed by atoms with Gasteiger partial charge in [-0.2, -0.15) is 0 Å². The summed E-state index contributed by atoms with van der Waals surface area (Å²) in [5.74, 6) is 0.460. The zero-order valence-corrected chi connectivity index (χ0v) is 12.0. The van der Waals surface area contributed by atoms with Gasteiger partial charge in [0, 0.05) is 24.4 Å². The third-order valence-electron chi connectivity index (χ3n) is 4.19. The molecule has 0 spiro atoms. The molecule has 0 aromatic heterocycles. The minimum Gasteiger partial charge on any atom is -0.396 e. The van der Waals surface area contributed by atoms with Gasteiger partial charge in [-0.3, -0.25) is 0 Å². The molecule has 1 saturated heterocycles. The van der Waals surface area contributed by atoms with E-state index in [1.165, 1.54) is 16.8 Å². The molecule has 0 amide bonds. The predicted molar refractivity (Wildman–Crippen MR) is 77.2 cm³/mol. The van der Waals surface area contributed by atoms with Crippen molar-refractivity contribution in [3.05, 3.63) is 29.3 Å². The van der Waals surface area contributed by atoms with Gasteiger partial charge in [-0.15, -0.1) is 0 Å². The lowest BCUT2D eigenvalue weighted by atomic mass is 9.82. The minimum absolute atomic E-state index is 0.129. The SMILES string of the molecule is Cc1ccc(C)c(N2CCC(CO)CC2(C)C)c1. The summed E-state index contributed by atoms with van der Waals surface area (Å²) < 4.78 is 0. The Morgan fingerprint density at radius 3 is 2.67 bits per heavy atom. The van der Waals surface area contributed by atoms with Gasteiger partial charge in [0.15, 0.2) is 0 Å². The molecule has 2 nitrogen and oxygen atoms in total. The number of aliphatic hydroxyl groups excluding tert-OH is 1. The Morgan fingerprint density at radius 2 is 2.06 bits per heavy atom. The molecule has 2 heteroatoms. The molecule has 0 aliphatic carbocycles. The molecule has 1 unspecified atom stereocenters. The second kappa shape index (κ2) is 4.93. The number of benzene rings is 1. The number of piperidine rings is 1. The van der Waals surface area contributed by atoms with E-state index in [4.69, 9.17) is 0 Å². The Bertz CT molecular complexity index is 425. The number of hydrogen-bond donors (Lipinski definition) is 1. The van der Waals surface area contributed by atoms with Crippen molar-refractivity contribution in [3.63, 3.8) is 0 Å². The molecule has 2 rings (SSSR count). The lowest BCUT2D eigenvalue weighted by Crippen LogP contribution is -2.51. The summed E-state index contributed by atoms with van der Waals surface area (Å²) in [6.07, 6.45) is 2.16. The van der Waals surface area contributed by atoms with Crippen LogP contribution in [-0.2, 0) is 0 Å². The highest BCUT2D eigenvalue weighted by atomic mass is 16.3. The second-order valence-electron chi connectivity index (χ2n) is 6.30. The zero-order chi connectivity index (χ0) is 13.3. The van der Waals surface area contributed by atoms with E-state index in [1.54, 1.807) is 0 Å². The summed E-state index contributed by atoms with van der Waals surface area (Å²) in [6.45, 7) is 10.3. The highest BCUT2D eigenvalue weighted by Gasteiger charge is 2.35.